The van der Waals surface area contributed by atoms with Gasteiger partial charge >= 0.3 is 0 Å². The molecule has 0 radical (unpaired) electrons. The van der Waals surface area contributed by atoms with E-state index in [0.717, 1.165) is 11.1 Å². The number of nitrogen functional groups attached to an aromatic ring is 1. The zero-order chi connectivity index (χ0) is 19.6. The van der Waals surface area contributed by atoms with Gasteiger partial charge in [0.25, 0.3) is 0 Å². The number of nitrogens with one attached hydrogen (secondary N) is 1. The Morgan fingerprint density at radius 1 is 1.15 bits per heavy atom. The van der Waals surface area contributed by atoms with Crippen molar-refractivity contribution >= 4 is 38.8 Å². The zero-order valence-corrected chi connectivity index (χ0v) is 17.2. The molecular formula is C19H18N2O3S3. The number of nitrogens with two attached hydrogens (primary N) is 1. The first kappa shape index (κ1) is 19.5. The molecule has 3 aromatic rings. The van der Waals surface area contributed by atoms with Crippen molar-refractivity contribution in [3.8, 4) is 16.9 Å². The Balaban J connectivity index is 2.13. The van der Waals surface area contributed by atoms with Crippen LogP contribution in [0, 0.1) is 5.41 Å². The molecule has 27 heavy (non-hydrogen) atoms. The molecule has 3 N–H and O–H groups in total. The van der Waals surface area contributed by atoms with Crippen molar-refractivity contribution in [2.24, 2.45) is 5.73 Å². The maximum Gasteiger partial charge on any atom is 0.208 e. The molecule has 0 spiro atoms. The SMILES string of the molecule is COc1ccccc1-c1cccc(S(=O)(=O)c2cc(C(=N)N)sc2SC)c1. The lowest BCUT2D eigenvalue weighted by Gasteiger charge is -2.10. The van der Waals surface area contributed by atoms with Gasteiger partial charge in [-0.05, 0) is 36.1 Å². The standard InChI is InChI=1S/C19H18N2O3S3/c1-24-15-9-4-3-8-14(15)12-6-5-7-13(10-12)27(22,23)17-11-16(18(20)21)26-19(17)25-2/h3-11H,1-2H3,(H3,20,21). The molecule has 0 unspecified atom stereocenters. The van der Waals surface area contributed by atoms with Gasteiger partial charge < -0.3 is 10.5 Å². The van der Waals surface area contributed by atoms with Crippen LogP contribution in [0.25, 0.3) is 11.1 Å². The van der Waals surface area contributed by atoms with Crippen LogP contribution in [0.3, 0.4) is 0 Å². The van der Waals surface area contributed by atoms with Crippen molar-refractivity contribution in [1.29, 1.82) is 5.41 Å². The summed E-state index contributed by atoms with van der Waals surface area (Å²) in [7, 11) is -2.17. The van der Waals surface area contributed by atoms with Crippen LogP contribution in [0.5, 0.6) is 5.75 Å². The van der Waals surface area contributed by atoms with Gasteiger partial charge in [0.2, 0.25) is 9.84 Å². The number of para-hydroxylation sites is 1. The lowest BCUT2D eigenvalue weighted by molar-refractivity contribution is 0.416. The van der Waals surface area contributed by atoms with Crippen molar-refractivity contribution in [1.82, 2.24) is 0 Å². The van der Waals surface area contributed by atoms with Crippen molar-refractivity contribution < 1.29 is 13.2 Å². The van der Waals surface area contributed by atoms with Crippen molar-refractivity contribution in [2.75, 3.05) is 13.4 Å². The van der Waals surface area contributed by atoms with Crippen LogP contribution >= 0.6 is 23.1 Å². The van der Waals surface area contributed by atoms with Gasteiger partial charge in [0.15, 0.2) is 0 Å². The number of sulfone groups is 1. The fraction of sp³-hybridized carbons (Fsp3) is 0.105. The highest BCUT2D eigenvalue weighted by molar-refractivity contribution is 8.01. The molecule has 2 aromatic carbocycles. The summed E-state index contributed by atoms with van der Waals surface area (Å²) >= 11 is 2.54. The van der Waals surface area contributed by atoms with Gasteiger partial charge in [-0.2, -0.15) is 0 Å². The second-order valence-corrected chi connectivity index (χ2v) is 9.66. The molecule has 5 nitrogen and oxygen atoms in total. The van der Waals surface area contributed by atoms with Crippen LogP contribution < -0.4 is 10.5 Å². The predicted octanol–water partition coefficient (Wildman–Crippen LogP) is 4.26. The van der Waals surface area contributed by atoms with Crippen molar-refractivity contribution in [3.05, 3.63) is 59.5 Å². The minimum Gasteiger partial charge on any atom is -0.496 e. The molecule has 0 fully saturated rings. The summed E-state index contributed by atoms with van der Waals surface area (Å²) < 4.78 is 32.5. The molecular weight excluding hydrogens is 400 g/mol. The molecule has 0 aliphatic heterocycles. The molecule has 140 valence electrons. The van der Waals surface area contributed by atoms with E-state index in [1.54, 1.807) is 31.6 Å². The molecule has 0 aliphatic carbocycles. The molecule has 0 saturated carbocycles. The maximum atomic E-state index is 13.2. The number of ether oxygens (including phenoxy) is 1. The second kappa shape index (κ2) is 7.75. The van der Waals surface area contributed by atoms with E-state index in [2.05, 4.69) is 0 Å². The van der Waals surface area contributed by atoms with Crippen LogP contribution in [0.15, 0.2) is 68.6 Å². The highest BCUT2D eigenvalue weighted by Gasteiger charge is 2.25. The first-order valence-corrected chi connectivity index (χ1v) is 11.4. The number of amidine groups is 1. The largest absolute Gasteiger partial charge is 0.496 e. The number of thiophene rings is 1. The lowest BCUT2D eigenvalue weighted by Crippen LogP contribution is -2.08. The van der Waals surface area contributed by atoms with Crippen LogP contribution in [0.2, 0.25) is 0 Å². The van der Waals surface area contributed by atoms with Gasteiger partial charge in [-0.25, -0.2) is 8.42 Å². The van der Waals surface area contributed by atoms with Gasteiger partial charge in [0, 0.05) is 5.56 Å². The molecule has 8 heteroatoms. The molecule has 3 rings (SSSR count). The van der Waals surface area contributed by atoms with E-state index >= 15 is 0 Å². The molecule has 0 atom stereocenters. The Labute approximate surface area is 166 Å². The highest BCUT2D eigenvalue weighted by atomic mass is 32.2. The first-order valence-electron chi connectivity index (χ1n) is 7.89. The summed E-state index contributed by atoms with van der Waals surface area (Å²) in [6.45, 7) is 0. The Bertz CT molecular complexity index is 1100. The van der Waals surface area contributed by atoms with Crippen molar-refractivity contribution in [2.45, 2.75) is 14.0 Å². The van der Waals surface area contributed by atoms with Crippen LogP contribution in [0.4, 0.5) is 0 Å². The second-order valence-electron chi connectivity index (χ2n) is 5.61. The molecule has 0 bridgehead atoms. The quantitative estimate of drug-likeness (QED) is 0.354. The fourth-order valence-electron chi connectivity index (χ4n) is 2.66. The minimum absolute atomic E-state index is 0.139. The lowest BCUT2D eigenvalue weighted by atomic mass is 10.1. The van der Waals surface area contributed by atoms with E-state index < -0.39 is 9.84 Å². The minimum atomic E-state index is -3.75. The Morgan fingerprint density at radius 3 is 2.56 bits per heavy atom. The Hall–Kier alpha value is -2.29. The normalized spacial score (nSPS) is 11.3. The van der Waals surface area contributed by atoms with E-state index in [1.165, 1.54) is 29.2 Å². The van der Waals surface area contributed by atoms with E-state index in [1.807, 2.05) is 30.3 Å². The third-order valence-electron chi connectivity index (χ3n) is 3.97. The fourth-order valence-corrected chi connectivity index (χ4v) is 6.56. The van der Waals surface area contributed by atoms with Crippen LogP contribution in [0.1, 0.15) is 4.88 Å². The van der Waals surface area contributed by atoms with E-state index in [0.29, 0.717) is 14.8 Å². The van der Waals surface area contributed by atoms with Crippen molar-refractivity contribution in [3.63, 3.8) is 0 Å². The predicted molar refractivity (Wildman–Crippen MR) is 111 cm³/mol. The van der Waals surface area contributed by atoms with Crippen LogP contribution in [-0.4, -0.2) is 27.6 Å². The van der Waals surface area contributed by atoms with Gasteiger partial charge in [-0.3, -0.25) is 5.41 Å². The maximum absolute atomic E-state index is 13.2. The number of rotatable bonds is 6. The van der Waals surface area contributed by atoms with E-state index in [4.69, 9.17) is 15.9 Å². The third kappa shape index (κ3) is 3.73. The average molecular weight is 419 g/mol. The number of benzene rings is 2. The summed E-state index contributed by atoms with van der Waals surface area (Å²) in [6, 6.07) is 15.7. The van der Waals surface area contributed by atoms with Gasteiger partial charge in [-0.1, -0.05) is 30.3 Å². The summed E-state index contributed by atoms with van der Waals surface area (Å²) in [5, 5.41) is 7.59. The number of hydrogen-bond donors (Lipinski definition) is 2. The summed E-state index contributed by atoms with van der Waals surface area (Å²) in [5.74, 6) is 0.533. The summed E-state index contributed by atoms with van der Waals surface area (Å²) in [4.78, 5) is 0.815. The third-order valence-corrected chi connectivity index (χ3v) is 8.31. The average Bonchev–Trinajstić information content (AvgIpc) is 3.14. The molecule has 0 aliphatic rings. The first-order chi connectivity index (χ1) is 12.9. The van der Waals surface area contributed by atoms with Crippen LogP contribution in [-0.2, 0) is 9.84 Å². The van der Waals surface area contributed by atoms with Gasteiger partial charge in [0.05, 0.1) is 26.0 Å². The van der Waals surface area contributed by atoms with Gasteiger partial charge in [-0.15, -0.1) is 23.1 Å². The Kier molecular flexibility index (Phi) is 5.59. The highest BCUT2D eigenvalue weighted by Crippen LogP contribution is 2.38. The van der Waals surface area contributed by atoms with E-state index in [9.17, 15) is 8.42 Å². The topological polar surface area (TPSA) is 93.2 Å². The molecule has 1 heterocycles. The zero-order valence-electron chi connectivity index (χ0n) is 14.7. The number of methoxy groups -OCH3 is 1. The van der Waals surface area contributed by atoms with Gasteiger partial charge in [0.1, 0.15) is 11.6 Å². The summed E-state index contributed by atoms with van der Waals surface area (Å²) in [5.41, 5.74) is 7.11. The number of hydrogen-bond acceptors (Lipinski definition) is 6. The molecule has 1 aromatic heterocycles. The molecule has 0 saturated heterocycles. The molecule has 0 amide bonds. The Morgan fingerprint density at radius 2 is 1.89 bits per heavy atom. The smallest absolute Gasteiger partial charge is 0.208 e. The summed E-state index contributed by atoms with van der Waals surface area (Å²) in [6.07, 6.45) is 1.81. The van der Waals surface area contributed by atoms with E-state index in [-0.39, 0.29) is 15.6 Å². The monoisotopic (exact) mass is 418 g/mol. The number of thioether (sulfide) groups is 1.